The largest absolute Gasteiger partial charge is 0.324 e. The molecule has 0 bridgehead atoms. The lowest BCUT2D eigenvalue weighted by molar-refractivity contribution is -0.258. The van der Waals surface area contributed by atoms with E-state index in [2.05, 4.69) is 10.5 Å². The molecular weight excluding hydrogens is 319 g/mol. The number of rotatable bonds is 4. The first kappa shape index (κ1) is 15.3. The Morgan fingerprint density at radius 3 is 2.25 bits per heavy atom. The highest BCUT2D eigenvalue weighted by atomic mass is 35.5. The van der Waals surface area contributed by atoms with Crippen molar-refractivity contribution < 1.29 is 14.2 Å². The van der Waals surface area contributed by atoms with Gasteiger partial charge in [-0.1, -0.05) is 35.3 Å². The normalized spacial score (nSPS) is 11.6. The van der Waals surface area contributed by atoms with Crippen LogP contribution < -0.4 is 10.5 Å². The van der Waals surface area contributed by atoms with Crippen molar-refractivity contribution in [3.8, 4) is 0 Å². The Hall–Kier alpha value is -1.11. The van der Waals surface area contributed by atoms with E-state index in [1.165, 1.54) is 6.07 Å². The van der Waals surface area contributed by atoms with Crippen LogP contribution in [0, 0.1) is 0 Å². The van der Waals surface area contributed by atoms with Gasteiger partial charge in [0, 0.05) is 22.7 Å². The van der Waals surface area contributed by atoms with Gasteiger partial charge in [-0.05, 0) is 29.8 Å². The second kappa shape index (κ2) is 6.11. The number of hydrogen-bond acceptors (Lipinski definition) is 2. The summed E-state index contributed by atoms with van der Waals surface area (Å²) in [6, 6.07) is 11.4. The van der Waals surface area contributed by atoms with Crippen LogP contribution in [0.1, 0.15) is 5.56 Å². The molecule has 0 saturated carbocycles. The summed E-state index contributed by atoms with van der Waals surface area (Å²) in [6.07, 6.45) is 0. The zero-order valence-electron chi connectivity index (χ0n) is 10.4. The molecule has 7 heteroatoms. The number of hydrogen-bond donors (Lipinski definition) is 2. The molecule has 0 amide bonds. The fraction of sp³-hybridized carbons (Fsp3) is 0.0769. The average molecular weight is 332 g/mol. The Labute approximate surface area is 127 Å². The lowest BCUT2D eigenvalue weighted by Gasteiger charge is -2.08. The highest BCUT2D eigenvalue weighted by molar-refractivity contribution is 7.89. The quantitative estimate of drug-likeness (QED) is 0.902. The van der Waals surface area contributed by atoms with Crippen molar-refractivity contribution in [2.24, 2.45) is 0 Å². The van der Waals surface area contributed by atoms with Crippen LogP contribution in [-0.2, 0) is 16.6 Å². The van der Waals surface area contributed by atoms with Crippen LogP contribution in [0.2, 0.25) is 10.0 Å². The van der Waals surface area contributed by atoms with Gasteiger partial charge in [0.1, 0.15) is 10.6 Å². The molecule has 2 rings (SSSR count). The highest BCUT2D eigenvalue weighted by Gasteiger charge is 2.18. The third-order valence-electron chi connectivity index (χ3n) is 2.65. The molecule has 0 aromatic heterocycles. The Balaban J connectivity index is 2.20. The van der Waals surface area contributed by atoms with Gasteiger partial charge >= 0.3 is 0 Å². The summed E-state index contributed by atoms with van der Waals surface area (Å²) in [5.41, 5.74) is 4.84. The topological polar surface area (TPSA) is 73.8 Å². The molecule has 0 aliphatic heterocycles. The van der Waals surface area contributed by atoms with Crippen LogP contribution in [0.15, 0.2) is 47.4 Å². The van der Waals surface area contributed by atoms with Crippen molar-refractivity contribution in [3.05, 3.63) is 58.1 Å². The van der Waals surface area contributed by atoms with Gasteiger partial charge in [0.25, 0.3) is 0 Å². The van der Waals surface area contributed by atoms with Gasteiger partial charge in [0.2, 0.25) is 10.0 Å². The lowest BCUT2D eigenvalue weighted by Crippen LogP contribution is -2.42. The number of nitrogens with one attached hydrogen (secondary N) is 1. The average Bonchev–Trinajstić information content (AvgIpc) is 2.36. The molecule has 0 aliphatic carbocycles. The van der Waals surface area contributed by atoms with E-state index in [4.69, 9.17) is 23.2 Å². The predicted molar refractivity (Wildman–Crippen MR) is 79.5 cm³/mol. The van der Waals surface area contributed by atoms with Crippen molar-refractivity contribution in [1.82, 2.24) is 4.72 Å². The van der Waals surface area contributed by atoms with E-state index in [0.717, 1.165) is 0 Å². The maximum absolute atomic E-state index is 12.2. The Bertz CT molecular complexity index is 713. The van der Waals surface area contributed by atoms with Crippen LogP contribution in [-0.4, -0.2) is 8.42 Å². The summed E-state index contributed by atoms with van der Waals surface area (Å²) < 4.78 is 26.9. The molecule has 2 aromatic carbocycles. The summed E-state index contributed by atoms with van der Waals surface area (Å²) in [4.78, 5) is 0.160. The smallest absolute Gasteiger partial charge is 0.246 e. The molecule has 2 aromatic rings. The van der Waals surface area contributed by atoms with Crippen molar-refractivity contribution in [1.29, 1.82) is 0 Å². The Morgan fingerprint density at radius 1 is 1.05 bits per heavy atom. The second-order valence-corrected chi connectivity index (χ2v) is 6.82. The van der Waals surface area contributed by atoms with Crippen molar-refractivity contribution in [2.75, 3.05) is 0 Å². The van der Waals surface area contributed by atoms with Crippen LogP contribution in [0.4, 0.5) is 5.69 Å². The highest BCUT2D eigenvalue weighted by Crippen LogP contribution is 2.20. The van der Waals surface area contributed by atoms with E-state index in [1.807, 2.05) is 0 Å². The molecule has 20 heavy (non-hydrogen) atoms. The third-order valence-corrected chi connectivity index (χ3v) is 4.59. The molecule has 0 unspecified atom stereocenters. The van der Waals surface area contributed by atoms with Gasteiger partial charge in [0.05, 0.1) is 0 Å². The minimum atomic E-state index is -3.61. The Morgan fingerprint density at radius 2 is 1.65 bits per heavy atom. The summed E-state index contributed by atoms with van der Waals surface area (Å²) >= 11 is 11.7. The molecular formula is C13H13Cl2N2O2S+. The van der Waals surface area contributed by atoms with Gasteiger partial charge in [0.15, 0.2) is 0 Å². The zero-order valence-corrected chi connectivity index (χ0v) is 12.8. The number of halogens is 2. The van der Waals surface area contributed by atoms with Crippen LogP contribution in [0.25, 0.3) is 0 Å². The molecule has 0 radical (unpaired) electrons. The van der Waals surface area contributed by atoms with E-state index in [9.17, 15) is 8.42 Å². The van der Waals surface area contributed by atoms with Crippen LogP contribution in [0.3, 0.4) is 0 Å². The molecule has 0 heterocycles. The Kier molecular flexibility index (Phi) is 4.67. The maximum Gasteiger partial charge on any atom is 0.246 e. The summed E-state index contributed by atoms with van der Waals surface area (Å²) in [5, 5.41) is 0.925. The fourth-order valence-electron chi connectivity index (χ4n) is 1.74. The van der Waals surface area contributed by atoms with E-state index >= 15 is 0 Å². The summed E-state index contributed by atoms with van der Waals surface area (Å²) in [7, 11) is -3.61. The van der Waals surface area contributed by atoms with E-state index in [0.29, 0.717) is 21.3 Å². The SMILES string of the molecule is [NH3+]c1ccccc1S(=O)(=O)NCc1cc(Cl)cc(Cl)c1. The first-order valence-corrected chi connectivity index (χ1v) is 7.98. The van der Waals surface area contributed by atoms with Crippen molar-refractivity contribution in [2.45, 2.75) is 11.4 Å². The van der Waals surface area contributed by atoms with Crippen LogP contribution >= 0.6 is 23.2 Å². The first-order valence-electron chi connectivity index (χ1n) is 5.74. The summed E-state index contributed by atoms with van der Waals surface area (Å²) in [5.74, 6) is 0. The molecule has 4 nitrogen and oxygen atoms in total. The minimum absolute atomic E-state index is 0.108. The number of quaternary nitrogens is 1. The van der Waals surface area contributed by atoms with Gasteiger partial charge in [-0.25, -0.2) is 13.1 Å². The zero-order chi connectivity index (χ0) is 14.8. The second-order valence-electron chi connectivity index (χ2n) is 4.21. The number of sulfonamides is 1. The van der Waals surface area contributed by atoms with Crippen LogP contribution in [0.5, 0.6) is 0 Å². The van der Waals surface area contributed by atoms with Gasteiger partial charge in [-0.2, -0.15) is 0 Å². The van der Waals surface area contributed by atoms with Crippen molar-refractivity contribution in [3.63, 3.8) is 0 Å². The maximum atomic E-state index is 12.2. The molecule has 0 saturated heterocycles. The molecule has 106 valence electrons. The standard InChI is InChI=1S/C13H12Cl2N2O2S/c14-10-5-9(6-11(15)7-10)8-17-20(18,19)13-4-2-1-3-12(13)16/h1-7,17H,8,16H2/p+1. The van der Waals surface area contributed by atoms with Gasteiger partial charge < -0.3 is 5.73 Å². The van der Waals surface area contributed by atoms with Crippen molar-refractivity contribution >= 4 is 38.9 Å². The van der Waals surface area contributed by atoms with E-state index in [1.54, 1.807) is 36.4 Å². The fourth-order valence-corrected chi connectivity index (χ4v) is 3.49. The van der Waals surface area contributed by atoms with E-state index in [-0.39, 0.29) is 11.4 Å². The molecule has 0 fully saturated rings. The molecule has 0 spiro atoms. The molecule has 0 aliphatic rings. The molecule has 0 atom stereocenters. The first-order chi connectivity index (χ1) is 9.38. The monoisotopic (exact) mass is 331 g/mol. The van der Waals surface area contributed by atoms with Gasteiger partial charge in [-0.3, -0.25) is 0 Å². The number of benzene rings is 2. The predicted octanol–water partition coefficient (Wildman–Crippen LogP) is 2.35. The summed E-state index contributed by atoms with van der Waals surface area (Å²) in [6.45, 7) is 0.108. The minimum Gasteiger partial charge on any atom is -0.324 e. The molecule has 4 N–H and O–H groups in total. The van der Waals surface area contributed by atoms with Gasteiger partial charge in [-0.15, -0.1) is 0 Å². The van der Waals surface area contributed by atoms with E-state index < -0.39 is 10.0 Å². The lowest BCUT2D eigenvalue weighted by atomic mass is 10.2. The third kappa shape index (κ3) is 3.71.